The van der Waals surface area contributed by atoms with Crippen LogP contribution in [0.15, 0.2) is 23.6 Å². The van der Waals surface area contributed by atoms with Gasteiger partial charge in [0.15, 0.2) is 5.13 Å². The first-order valence-electron chi connectivity index (χ1n) is 5.13. The Morgan fingerprint density at radius 1 is 1.29 bits per heavy atom. The van der Waals surface area contributed by atoms with Gasteiger partial charge in [0.1, 0.15) is 11.5 Å². The van der Waals surface area contributed by atoms with Crippen LogP contribution in [-0.4, -0.2) is 19.2 Å². The second-order valence-corrected chi connectivity index (χ2v) is 4.42. The molecule has 0 aliphatic heterocycles. The van der Waals surface area contributed by atoms with Gasteiger partial charge in [-0.05, 0) is 6.07 Å². The van der Waals surface area contributed by atoms with Crippen LogP contribution in [0, 0.1) is 0 Å². The molecular weight excluding hydrogens is 236 g/mol. The molecule has 0 radical (unpaired) electrons. The zero-order valence-corrected chi connectivity index (χ0v) is 10.6. The van der Waals surface area contributed by atoms with E-state index >= 15 is 0 Å². The molecule has 1 aromatic heterocycles. The van der Waals surface area contributed by atoms with Gasteiger partial charge in [0, 0.05) is 23.4 Å². The minimum absolute atomic E-state index is 0.590. The third kappa shape index (κ3) is 2.68. The van der Waals surface area contributed by atoms with Crippen molar-refractivity contribution in [1.29, 1.82) is 0 Å². The molecule has 0 aliphatic rings. The number of rotatable bonds is 4. The standard InChI is InChI=1S/C12H14N2O2S/c1-15-10-4-3-8(11(6-10)16-2)5-9-7-17-12(13)14-9/h3-4,6-7H,5H2,1-2H3,(H2,13,14). The smallest absolute Gasteiger partial charge is 0.180 e. The fraction of sp³-hybridized carbons (Fsp3) is 0.250. The van der Waals surface area contributed by atoms with E-state index in [9.17, 15) is 0 Å². The first-order valence-corrected chi connectivity index (χ1v) is 6.01. The second-order valence-electron chi connectivity index (χ2n) is 3.53. The van der Waals surface area contributed by atoms with Crippen LogP contribution < -0.4 is 15.2 Å². The van der Waals surface area contributed by atoms with Crippen molar-refractivity contribution in [2.45, 2.75) is 6.42 Å². The molecule has 4 nitrogen and oxygen atoms in total. The van der Waals surface area contributed by atoms with Gasteiger partial charge in [0.05, 0.1) is 19.9 Å². The van der Waals surface area contributed by atoms with Crippen molar-refractivity contribution in [2.24, 2.45) is 0 Å². The third-order valence-electron chi connectivity index (χ3n) is 2.44. The summed E-state index contributed by atoms with van der Waals surface area (Å²) in [6.45, 7) is 0. The number of aromatic nitrogens is 1. The highest BCUT2D eigenvalue weighted by Gasteiger charge is 2.07. The van der Waals surface area contributed by atoms with Crippen molar-refractivity contribution in [3.63, 3.8) is 0 Å². The molecule has 90 valence electrons. The molecular formula is C12H14N2O2S. The van der Waals surface area contributed by atoms with E-state index in [4.69, 9.17) is 15.2 Å². The number of thiazole rings is 1. The maximum absolute atomic E-state index is 5.60. The van der Waals surface area contributed by atoms with Gasteiger partial charge in [-0.15, -0.1) is 11.3 Å². The molecule has 0 bridgehead atoms. The Labute approximate surface area is 104 Å². The van der Waals surface area contributed by atoms with Gasteiger partial charge >= 0.3 is 0 Å². The quantitative estimate of drug-likeness (QED) is 0.904. The monoisotopic (exact) mass is 250 g/mol. The predicted octanol–water partition coefficient (Wildman–Crippen LogP) is 2.33. The second kappa shape index (κ2) is 5.05. The Hall–Kier alpha value is -1.75. The van der Waals surface area contributed by atoms with Crippen LogP contribution in [0.4, 0.5) is 5.13 Å². The summed E-state index contributed by atoms with van der Waals surface area (Å²) in [6.07, 6.45) is 0.709. The first kappa shape index (κ1) is 11.7. The number of nitrogen functional groups attached to an aromatic ring is 1. The van der Waals surface area contributed by atoms with Crippen molar-refractivity contribution in [1.82, 2.24) is 4.98 Å². The number of nitrogens with two attached hydrogens (primary N) is 1. The number of hydrogen-bond donors (Lipinski definition) is 1. The number of hydrogen-bond acceptors (Lipinski definition) is 5. The molecule has 0 aliphatic carbocycles. The van der Waals surface area contributed by atoms with E-state index in [1.807, 2.05) is 23.6 Å². The number of nitrogens with zero attached hydrogens (tertiary/aromatic N) is 1. The van der Waals surface area contributed by atoms with Gasteiger partial charge < -0.3 is 15.2 Å². The van der Waals surface area contributed by atoms with Gasteiger partial charge in [0.25, 0.3) is 0 Å². The van der Waals surface area contributed by atoms with E-state index < -0.39 is 0 Å². The number of benzene rings is 1. The molecule has 5 heteroatoms. The van der Waals surface area contributed by atoms with E-state index in [-0.39, 0.29) is 0 Å². The first-order chi connectivity index (χ1) is 8.22. The number of ether oxygens (including phenoxy) is 2. The third-order valence-corrected chi connectivity index (χ3v) is 3.16. The molecule has 2 aromatic rings. The number of methoxy groups -OCH3 is 2. The van der Waals surface area contributed by atoms with E-state index in [0.29, 0.717) is 11.6 Å². The summed E-state index contributed by atoms with van der Waals surface area (Å²) >= 11 is 1.45. The summed E-state index contributed by atoms with van der Waals surface area (Å²) in [4.78, 5) is 4.23. The summed E-state index contributed by atoms with van der Waals surface area (Å²) in [5.41, 5.74) is 7.63. The fourth-order valence-corrected chi connectivity index (χ4v) is 2.16. The molecule has 2 N–H and O–H groups in total. The van der Waals surface area contributed by atoms with Crippen molar-refractivity contribution < 1.29 is 9.47 Å². The molecule has 0 unspecified atom stereocenters. The Bertz CT molecular complexity index is 511. The lowest BCUT2D eigenvalue weighted by Gasteiger charge is -2.09. The fourth-order valence-electron chi connectivity index (χ4n) is 1.60. The highest BCUT2D eigenvalue weighted by molar-refractivity contribution is 7.13. The molecule has 0 atom stereocenters. The summed E-state index contributed by atoms with van der Waals surface area (Å²) in [5.74, 6) is 1.58. The molecule has 0 saturated carbocycles. The van der Waals surface area contributed by atoms with Crippen LogP contribution >= 0.6 is 11.3 Å². The lowest BCUT2D eigenvalue weighted by molar-refractivity contribution is 0.391. The summed E-state index contributed by atoms with van der Waals surface area (Å²) in [5, 5.41) is 2.55. The Morgan fingerprint density at radius 2 is 2.12 bits per heavy atom. The van der Waals surface area contributed by atoms with Crippen molar-refractivity contribution in [2.75, 3.05) is 20.0 Å². The summed E-state index contributed by atoms with van der Waals surface area (Å²) in [6, 6.07) is 5.76. The number of anilines is 1. The highest BCUT2D eigenvalue weighted by Crippen LogP contribution is 2.27. The van der Waals surface area contributed by atoms with Crippen LogP contribution in [0.1, 0.15) is 11.3 Å². The van der Waals surface area contributed by atoms with Crippen LogP contribution in [0.2, 0.25) is 0 Å². The molecule has 0 fully saturated rings. The van der Waals surface area contributed by atoms with Crippen LogP contribution in [-0.2, 0) is 6.42 Å². The van der Waals surface area contributed by atoms with E-state index in [1.54, 1.807) is 14.2 Å². The molecule has 17 heavy (non-hydrogen) atoms. The van der Waals surface area contributed by atoms with Gasteiger partial charge in [-0.3, -0.25) is 0 Å². The normalized spacial score (nSPS) is 10.2. The van der Waals surface area contributed by atoms with Gasteiger partial charge in [-0.1, -0.05) is 6.07 Å². The van der Waals surface area contributed by atoms with Gasteiger partial charge in [-0.2, -0.15) is 0 Å². The van der Waals surface area contributed by atoms with E-state index in [2.05, 4.69) is 4.98 Å². The van der Waals surface area contributed by atoms with Crippen LogP contribution in [0.3, 0.4) is 0 Å². The minimum Gasteiger partial charge on any atom is -0.497 e. The van der Waals surface area contributed by atoms with Crippen molar-refractivity contribution >= 4 is 16.5 Å². The van der Waals surface area contributed by atoms with Crippen molar-refractivity contribution in [3.05, 3.63) is 34.8 Å². The Balaban J connectivity index is 2.26. The molecule has 1 heterocycles. The molecule has 0 saturated heterocycles. The van der Waals surface area contributed by atoms with Crippen LogP contribution in [0.25, 0.3) is 0 Å². The summed E-state index contributed by atoms with van der Waals surface area (Å²) < 4.78 is 10.5. The average molecular weight is 250 g/mol. The summed E-state index contributed by atoms with van der Waals surface area (Å²) in [7, 11) is 3.28. The zero-order chi connectivity index (χ0) is 12.3. The van der Waals surface area contributed by atoms with Crippen molar-refractivity contribution in [3.8, 4) is 11.5 Å². The topological polar surface area (TPSA) is 57.4 Å². The Kier molecular flexibility index (Phi) is 3.49. The molecule has 2 rings (SSSR count). The maximum atomic E-state index is 5.60. The predicted molar refractivity (Wildman–Crippen MR) is 68.9 cm³/mol. The molecule has 1 aromatic carbocycles. The SMILES string of the molecule is COc1ccc(Cc2csc(N)n2)c(OC)c1. The highest BCUT2D eigenvalue weighted by atomic mass is 32.1. The van der Waals surface area contributed by atoms with Gasteiger partial charge in [-0.25, -0.2) is 4.98 Å². The van der Waals surface area contributed by atoms with Crippen LogP contribution in [0.5, 0.6) is 11.5 Å². The average Bonchev–Trinajstić information content (AvgIpc) is 2.75. The molecule has 0 spiro atoms. The van der Waals surface area contributed by atoms with E-state index in [0.717, 1.165) is 22.8 Å². The lowest BCUT2D eigenvalue weighted by atomic mass is 10.1. The van der Waals surface area contributed by atoms with E-state index in [1.165, 1.54) is 11.3 Å². The Morgan fingerprint density at radius 3 is 2.71 bits per heavy atom. The lowest BCUT2D eigenvalue weighted by Crippen LogP contribution is -1.95. The maximum Gasteiger partial charge on any atom is 0.180 e. The zero-order valence-electron chi connectivity index (χ0n) is 9.77. The molecule has 0 amide bonds. The van der Waals surface area contributed by atoms with Gasteiger partial charge in [0.2, 0.25) is 0 Å². The largest absolute Gasteiger partial charge is 0.497 e. The minimum atomic E-state index is 0.590.